The zero-order valence-corrected chi connectivity index (χ0v) is 15.2. The van der Waals surface area contributed by atoms with Crippen molar-refractivity contribution >= 4 is 18.3 Å². The Morgan fingerprint density at radius 3 is 2.76 bits per heavy atom. The average molecular weight is 368 g/mol. The number of carbonyl (C=O) groups is 1. The quantitative estimate of drug-likeness (QED) is 0.822. The van der Waals surface area contributed by atoms with E-state index in [0.29, 0.717) is 42.6 Å². The number of rotatable bonds is 5. The molecule has 1 aromatic heterocycles. The van der Waals surface area contributed by atoms with E-state index in [4.69, 9.17) is 9.47 Å². The van der Waals surface area contributed by atoms with E-state index in [-0.39, 0.29) is 24.4 Å². The first-order chi connectivity index (χ1) is 11.6. The average Bonchev–Trinajstić information content (AvgIpc) is 3.00. The Bertz CT molecular complexity index is 749. The lowest BCUT2D eigenvalue weighted by Gasteiger charge is -2.18. The van der Waals surface area contributed by atoms with Gasteiger partial charge in [0.1, 0.15) is 13.2 Å². The van der Waals surface area contributed by atoms with E-state index in [9.17, 15) is 4.79 Å². The molecule has 0 saturated carbocycles. The van der Waals surface area contributed by atoms with Gasteiger partial charge in [0, 0.05) is 18.7 Å². The van der Waals surface area contributed by atoms with Crippen LogP contribution in [0, 0.1) is 6.92 Å². The van der Waals surface area contributed by atoms with Gasteiger partial charge < -0.3 is 20.1 Å². The standard InChI is InChI=1S/C16H21N5O3.ClH/c1-10(17-3)9-18-16(22)15-11(2)21(20-19-15)12-4-5-13-14(8-12)24-7-6-23-13;/h4-5,8,10,17H,6-7,9H2,1-3H3,(H,18,22);1H. The number of halogens is 1. The first-order valence-electron chi connectivity index (χ1n) is 7.88. The van der Waals surface area contributed by atoms with Crippen LogP contribution in [0.1, 0.15) is 23.1 Å². The molecule has 136 valence electrons. The fourth-order valence-corrected chi connectivity index (χ4v) is 2.38. The predicted molar refractivity (Wildman–Crippen MR) is 95.2 cm³/mol. The highest BCUT2D eigenvalue weighted by Gasteiger charge is 2.19. The van der Waals surface area contributed by atoms with Crippen molar-refractivity contribution in [2.75, 3.05) is 26.8 Å². The first kappa shape index (κ1) is 19.0. The molecule has 1 unspecified atom stereocenters. The number of aromatic nitrogens is 3. The lowest BCUT2D eigenvalue weighted by Crippen LogP contribution is -2.37. The fraction of sp³-hybridized carbons (Fsp3) is 0.438. The third-order valence-corrected chi connectivity index (χ3v) is 3.94. The molecule has 2 N–H and O–H groups in total. The molecule has 1 atom stereocenters. The molecule has 0 radical (unpaired) electrons. The third-order valence-electron chi connectivity index (χ3n) is 3.94. The Kier molecular flexibility index (Phi) is 6.22. The summed E-state index contributed by atoms with van der Waals surface area (Å²) in [6.07, 6.45) is 0. The maximum Gasteiger partial charge on any atom is 0.273 e. The molecule has 0 aliphatic carbocycles. The van der Waals surface area contributed by atoms with Crippen LogP contribution < -0.4 is 20.1 Å². The lowest BCUT2D eigenvalue weighted by molar-refractivity contribution is 0.0945. The molecule has 0 spiro atoms. The zero-order chi connectivity index (χ0) is 17.1. The minimum Gasteiger partial charge on any atom is -0.486 e. The van der Waals surface area contributed by atoms with Crippen LogP contribution >= 0.6 is 12.4 Å². The molecule has 2 heterocycles. The van der Waals surface area contributed by atoms with Crippen molar-refractivity contribution in [2.24, 2.45) is 0 Å². The number of nitrogens with zero attached hydrogens (tertiary/aromatic N) is 3. The van der Waals surface area contributed by atoms with Gasteiger partial charge in [-0.1, -0.05) is 5.21 Å². The molecule has 3 rings (SSSR count). The van der Waals surface area contributed by atoms with Crippen molar-refractivity contribution in [2.45, 2.75) is 19.9 Å². The molecule has 25 heavy (non-hydrogen) atoms. The van der Waals surface area contributed by atoms with E-state index in [1.54, 1.807) is 4.68 Å². The molecule has 1 aromatic carbocycles. The highest BCUT2D eigenvalue weighted by molar-refractivity contribution is 5.93. The fourth-order valence-electron chi connectivity index (χ4n) is 2.38. The second-order valence-electron chi connectivity index (χ2n) is 5.66. The van der Waals surface area contributed by atoms with E-state index in [0.717, 1.165) is 5.69 Å². The molecule has 1 aliphatic rings. The summed E-state index contributed by atoms with van der Waals surface area (Å²) in [7, 11) is 1.85. The van der Waals surface area contributed by atoms with E-state index in [2.05, 4.69) is 20.9 Å². The first-order valence-corrected chi connectivity index (χ1v) is 7.88. The van der Waals surface area contributed by atoms with Crippen molar-refractivity contribution < 1.29 is 14.3 Å². The maximum absolute atomic E-state index is 12.3. The molecule has 2 aromatic rings. The maximum atomic E-state index is 12.3. The predicted octanol–water partition coefficient (Wildman–Crippen LogP) is 1.11. The molecule has 9 heteroatoms. The summed E-state index contributed by atoms with van der Waals surface area (Å²) in [5, 5.41) is 14.0. The summed E-state index contributed by atoms with van der Waals surface area (Å²) in [5.41, 5.74) is 1.75. The smallest absolute Gasteiger partial charge is 0.273 e. The highest BCUT2D eigenvalue weighted by Crippen LogP contribution is 2.32. The molecular weight excluding hydrogens is 346 g/mol. The van der Waals surface area contributed by atoms with Gasteiger partial charge in [0.25, 0.3) is 5.91 Å². The highest BCUT2D eigenvalue weighted by atomic mass is 35.5. The number of hydrogen-bond donors (Lipinski definition) is 2. The van der Waals surface area contributed by atoms with Crippen LogP contribution in [0.3, 0.4) is 0 Å². The van der Waals surface area contributed by atoms with E-state index in [1.807, 2.05) is 39.1 Å². The Morgan fingerprint density at radius 1 is 1.32 bits per heavy atom. The van der Waals surface area contributed by atoms with Crippen molar-refractivity contribution in [1.29, 1.82) is 0 Å². The summed E-state index contributed by atoms with van der Waals surface area (Å²) in [4.78, 5) is 12.3. The molecule has 1 aliphatic heterocycles. The van der Waals surface area contributed by atoms with Crippen LogP contribution in [0.5, 0.6) is 11.5 Å². The van der Waals surface area contributed by atoms with Crippen molar-refractivity contribution in [3.8, 4) is 17.2 Å². The molecule has 0 saturated heterocycles. The summed E-state index contributed by atoms with van der Waals surface area (Å²) in [5.74, 6) is 1.14. The molecule has 1 amide bonds. The zero-order valence-electron chi connectivity index (χ0n) is 14.4. The van der Waals surface area contributed by atoms with E-state index >= 15 is 0 Å². The van der Waals surface area contributed by atoms with Gasteiger partial charge in [-0.2, -0.15) is 0 Å². The number of likely N-dealkylation sites (N-methyl/N-ethyl adjacent to an activating group) is 1. The topological polar surface area (TPSA) is 90.3 Å². The Morgan fingerprint density at radius 2 is 2.04 bits per heavy atom. The Labute approximate surface area is 152 Å². The van der Waals surface area contributed by atoms with Gasteiger partial charge in [-0.15, -0.1) is 17.5 Å². The van der Waals surface area contributed by atoms with Gasteiger partial charge in [0.2, 0.25) is 0 Å². The van der Waals surface area contributed by atoms with Crippen LogP contribution in [-0.4, -0.2) is 53.7 Å². The number of amides is 1. The summed E-state index contributed by atoms with van der Waals surface area (Å²) >= 11 is 0. The molecule has 8 nitrogen and oxygen atoms in total. The van der Waals surface area contributed by atoms with Gasteiger partial charge in [0.05, 0.1) is 11.4 Å². The van der Waals surface area contributed by atoms with Gasteiger partial charge in [-0.25, -0.2) is 4.68 Å². The van der Waals surface area contributed by atoms with Crippen LogP contribution in [0.4, 0.5) is 0 Å². The molecular formula is C16H22ClN5O3. The largest absolute Gasteiger partial charge is 0.486 e. The van der Waals surface area contributed by atoms with Crippen molar-refractivity contribution in [3.05, 3.63) is 29.6 Å². The van der Waals surface area contributed by atoms with Gasteiger partial charge in [-0.05, 0) is 33.0 Å². The van der Waals surface area contributed by atoms with Gasteiger partial charge >= 0.3 is 0 Å². The van der Waals surface area contributed by atoms with Crippen molar-refractivity contribution in [3.63, 3.8) is 0 Å². The summed E-state index contributed by atoms with van der Waals surface area (Å²) < 4.78 is 12.7. The van der Waals surface area contributed by atoms with Gasteiger partial charge in [-0.3, -0.25) is 4.79 Å². The number of fused-ring (bicyclic) bond motifs is 1. The second-order valence-corrected chi connectivity index (χ2v) is 5.66. The third kappa shape index (κ3) is 4.02. The van der Waals surface area contributed by atoms with Crippen LogP contribution in [0.25, 0.3) is 5.69 Å². The summed E-state index contributed by atoms with van der Waals surface area (Å²) in [6, 6.07) is 5.71. The normalized spacial score (nSPS) is 13.7. The number of nitrogens with one attached hydrogen (secondary N) is 2. The SMILES string of the molecule is CNC(C)CNC(=O)c1nnn(-c2ccc3c(c2)OCCO3)c1C.Cl. The van der Waals surface area contributed by atoms with Gasteiger partial charge in [0.15, 0.2) is 17.2 Å². The van der Waals surface area contributed by atoms with E-state index < -0.39 is 0 Å². The number of benzene rings is 1. The van der Waals surface area contributed by atoms with Crippen LogP contribution in [0.15, 0.2) is 18.2 Å². The molecule has 0 bridgehead atoms. The minimum atomic E-state index is -0.238. The van der Waals surface area contributed by atoms with Crippen molar-refractivity contribution in [1.82, 2.24) is 25.6 Å². The second kappa shape index (κ2) is 8.17. The number of hydrogen-bond acceptors (Lipinski definition) is 6. The monoisotopic (exact) mass is 367 g/mol. The minimum absolute atomic E-state index is 0. The Balaban J connectivity index is 0.00000225. The molecule has 0 fully saturated rings. The number of carbonyl (C=O) groups excluding carboxylic acids is 1. The number of ether oxygens (including phenoxy) is 2. The summed E-state index contributed by atoms with van der Waals surface area (Å²) in [6.45, 7) is 5.38. The van der Waals surface area contributed by atoms with E-state index in [1.165, 1.54) is 0 Å². The van der Waals surface area contributed by atoms with Crippen LogP contribution in [-0.2, 0) is 0 Å². The lowest BCUT2D eigenvalue weighted by atomic mass is 10.2. The van der Waals surface area contributed by atoms with Crippen LogP contribution in [0.2, 0.25) is 0 Å². The Hall–Kier alpha value is -2.32.